The molecule has 3 heterocycles. The van der Waals surface area contributed by atoms with Crippen LogP contribution in [0.4, 0.5) is 19.0 Å². The van der Waals surface area contributed by atoms with Gasteiger partial charge in [-0.2, -0.15) is 18.3 Å². The largest absolute Gasteiger partial charge is 0.418 e. The molecule has 0 fully saturated rings. The first-order valence-corrected chi connectivity index (χ1v) is 8.85. The number of pyridine rings is 1. The Kier molecular flexibility index (Phi) is 4.19. The zero-order chi connectivity index (χ0) is 18.5. The van der Waals surface area contributed by atoms with Gasteiger partial charge < -0.3 is 5.32 Å². The number of alkyl halides is 3. The van der Waals surface area contributed by atoms with Crippen molar-refractivity contribution in [2.45, 2.75) is 12.6 Å². The molecular weight excluding hydrogens is 433 g/mol. The lowest BCUT2D eigenvalue weighted by Crippen LogP contribution is -2.13. The maximum absolute atomic E-state index is 13.5. The fourth-order valence-electron chi connectivity index (χ4n) is 3.04. The van der Waals surface area contributed by atoms with Crippen molar-refractivity contribution in [2.75, 3.05) is 11.9 Å². The number of nitrogens with one attached hydrogen (secondary N) is 1. The number of nitrogens with zero attached hydrogens (tertiary/aromatic N) is 3. The highest BCUT2D eigenvalue weighted by molar-refractivity contribution is 9.10. The molecular formula is C17H11BrClF3N4. The Morgan fingerprint density at radius 2 is 2.00 bits per heavy atom. The van der Waals surface area contributed by atoms with Gasteiger partial charge in [0.1, 0.15) is 5.82 Å². The van der Waals surface area contributed by atoms with Crippen LogP contribution in [-0.2, 0) is 12.6 Å². The highest BCUT2D eigenvalue weighted by Gasteiger charge is 2.36. The number of benzene rings is 1. The minimum atomic E-state index is -4.55. The molecule has 0 aliphatic carbocycles. The van der Waals surface area contributed by atoms with Crippen LogP contribution in [-0.4, -0.2) is 21.3 Å². The van der Waals surface area contributed by atoms with Crippen molar-refractivity contribution in [1.82, 2.24) is 14.8 Å². The monoisotopic (exact) mass is 442 g/mol. The fraction of sp³-hybridized carbons (Fsp3) is 0.176. The molecule has 1 aliphatic rings. The van der Waals surface area contributed by atoms with Crippen molar-refractivity contribution in [3.63, 3.8) is 0 Å². The summed E-state index contributed by atoms with van der Waals surface area (Å²) < 4.78 is 42.6. The molecule has 1 N–H and O–H groups in total. The molecule has 26 heavy (non-hydrogen) atoms. The minimum absolute atomic E-state index is 0.0225. The summed E-state index contributed by atoms with van der Waals surface area (Å²) in [5.41, 5.74) is 1.32. The normalized spacial score (nSPS) is 13.6. The van der Waals surface area contributed by atoms with Crippen LogP contribution in [0, 0.1) is 0 Å². The molecule has 0 unspecified atom stereocenters. The number of halogens is 5. The minimum Gasteiger partial charge on any atom is -0.369 e. The quantitative estimate of drug-likeness (QED) is 0.582. The predicted octanol–water partition coefficient (Wildman–Crippen LogP) is 5.34. The van der Waals surface area contributed by atoms with E-state index in [1.165, 1.54) is 16.8 Å². The number of rotatable bonds is 2. The van der Waals surface area contributed by atoms with Crippen LogP contribution in [0.15, 0.2) is 41.1 Å². The summed E-state index contributed by atoms with van der Waals surface area (Å²) in [6.45, 7) is 0.635. The Bertz CT molecular complexity index is 1000. The van der Waals surface area contributed by atoms with E-state index in [-0.39, 0.29) is 10.7 Å². The van der Waals surface area contributed by atoms with Gasteiger partial charge in [-0.25, -0.2) is 4.68 Å². The van der Waals surface area contributed by atoms with Gasteiger partial charge in [0, 0.05) is 39.6 Å². The van der Waals surface area contributed by atoms with E-state index < -0.39 is 11.7 Å². The average Bonchev–Trinajstić information content (AvgIpc) is 3.16. The molecule has 0 amide bonds. The summed E-state index contributed by atoms with van der Waals surface area (Å²) in [6.07, 6.45) is -0.593. The van der Waals surface area contributed by atoms with Crippen molar-refractivity contribution in [1.29, 1.82) is 0 Å². The summed E-state index contributed by atoms with van der Waals surface area (Å²) in [7, 11) is 0. The second-order valence-electron chi connectivity index (χ2n) is 5.82. The zero-order valence-corrected chi connectivity index (χ0v) is 15.5. The lowest BCUT2D eigenvalue weighted by atomic mass is 10.1. The first-order chi connectivity index (χ1) is 12.3. The molecule has 0 bridgehead atoms. The molecule has 4 nitrogen and oxygen atoms in total. The Balaban J connectivity index is 1.94. The standard InChI is InChI=1S/C17H11BrClF3N4/c18-10-5-9(7-23-8-10)15-12-3-4-24-16(12)26(25-15)14-2-1-11(19)6-13(14)17(20,21)22/h1-2,5-8,24H,3-4H2. The van der Waals surface area contributed by atoms with Crippen LogP contribution in [0.3, 0.4) is 0 Å². The van der Waals surface area contributed by atoms with Crippen molar-refractivity contribution >= 4 is 33.3 Å². The molecule has 1 aliphatic heterocycles. The van der Waals surface area contributed by atoms with Crippen LogP contribution in [0.1, 0.15) is 11.1 Å². The van der Waals surface area contributed by atoms with E-state index in [9.17, 15) is 13.2 Å². The number of hydrogen-bond acceptors (Lipinski definition) is 3. The van der Waals surface area contributed by atoms with Crippen molar-refractivity contribution in [3.8, 4) is 16.9 Å². The van der Waals surface area contributed by atoms with E-state index in [1.54, 1.807) is 12.4 Å². The van der Waals surface area contributed by atoms with Gasteiger partial charge in [-0.1, -0.05) is 11.6 Å². The second-order valence-corrected chi connectivity index (χ2v) is 7.17. The van der Waals surface area contributed by atoms with E-state index in [2.05, 4.69) is 31.3 Å². The number of hydrogen-bond donors (Lipinski definition) is 1. The lowest BCUT2D eigenvalue weighted by molar-refractivity contribution is -0.137. The average molecular weight is 444 g/mol. The zero-order valence-electron chi connectivity index (χ0n) is 13.1. The molecule has 0 atom stereocenters. The number of fused-ring (bicyclic) bond motifs is 1. The van der Waals surface area contributed by atoms with Crippen LogP contribution in [0.25, 0.3) is 16.9 Å². The molecule has 4 rings (SSSR count). The van der Waals surface area contributed by atoms with E-state index in [0.717, 1.165) is 21.7 Å². The summed E-state index contributed by atoms with van der Waals surface area (Å²) >= 11 is 9.15. The van der Waals surface area contributed by atoms with Gasteiger partial charge in [0.15, 0.2) is 0 Å². The van der Waals surface area contributed by atoms with Crippen LogP contribution in [0.2, 0.25) is 5.02 Å². The van der Waals surface area contributed by atoms with E-state index in [1.807, 2.05) is 6.07 Å². The Morgan fingerprint density at radius 3 is 2.73 bits per heavy atom. The van der Waals surface area contributed by atoms with E-state index in [0.29, 0.717) is 24.5 Å². The lowest BCUT2D eigenvalue weighted by Gasteiger charge is -2.15. The molecule has 1 aromatic carbocycles. The van der Waals surface area contributed by atoms with E-state index in [4.69, 9.17) is 11.6 Å². The van der Waals surface area contributed by atoms with Gasteiger partial charge >= 0.3 is 6.18 Å². The number of anilines is 1. The third-order valence-electron chi connectivity index (χ3n) is 4.12. The molecule has 0 saturated carbocycles. The summed E-state index contributed by atoms with van der Waals surface area (Å²) in [4.78, 5) is 4.12. The van der Waals surface area contributed by atoms with Gasteiger partial charge in [0.2, 0.25) is 0 Å². The third-order valence-corrected chi connectivity index (χ3v) is 4.79. The summed E-state index contributed by atoms with van der Waals surface area (Å²) in [5, 5.41) is 7.62. The Hall–Kier alpha value is -2.06. The smallest absolute Gasteiger partial charge is 0.369 e. The predicted molar refractivity (Wildman–Crippen MR) is 96.7 cm³/mol. The van der Waals surface area contributed by atoms with Crippen molar-refractivity contribution < 1.29 is 13.2 Å². The van der Waals surface area contributed by atoms with Gasteiger partial charge in [0.25, 0.3) is 0 Å². The van der Waals surface area contributed by atoms with Crippen molar-refractivity contribution in [3.05, 3.63) is 57.3 Å². The van der Waals surface area contributed by atoms with Crippen LogP contribution >= 0.6 is 27.5 Å². The van der Waals surface area contributed by atoms with Crippen LogP contribution in [0.5, 0.6) is 0 Å². The summed E-state index contributed by atoms with van der Waals surface area (Å²) in [6, 6.07) is 5.52. The van der Waals surface area contributed by atoms with Gasteiger partial charge in [-0.3, -0.25) is 4.98 Å². The first-order valence-electron chi connectivity index (χ1n) is 7.68. The molecule has 2 aromatic heterocycles. The third kappa shape index (κ3) is 2.97. The molecule has 3 aromatic rings. The van der Waals surface area contributed by atoms with Gasteiger partial charge in [0.05, 0.1) is 16.9 Å². The highest BCUT2D eigenvalue weighted by atomic mass is 79.9. The molecule has 0 radical (unpaired) electrons. The Labute approximate surface area is 160 Å². The molecule has 134 valence electrons. The molecule has 0 spiro atoms. The highest BCUT2D eigenvalue weighted by Crippen LogP contribution is 2.40. The maximum atomic E-state index is 13.5. The first kappa shape index (κ1) is 17.4. The topological polar surface area (TPSA) is 42.7 Å². The van der Waals surface area contributed by atoms with Crippen LogP contribution < -0.4 is 5.32 Å². The maximum Gasteiger partial charge on any atom is 0.418 e. The fourth-order valence-corrected chi connectivity index (χ4v) is 3.58. The van der Waals surface area contributed by atoms with Gasteiger partial charge in [-0.05, 0) is 46.6 Å². The van der Waals surface area contributed by atoms with E-state index >= 15 is 0 Å². The summed E-state index contributed by atoms with van der Waals surface area (Å²) in [5.74, 6) is 0.563. The van der Waals surface area contributed by atoms with Crippen molar-refractivity contribution in [2.24, 2.45) is 0 Å². The molecule has 0 saturated heterocycles. The number of aromatic nitrogens is 3. The Morgan fingerprint density at radius 1 is 1.19 bits per heavy atom. The molecule has 9 heteroatoms. The SMILES string of the molecule is FC(F)(F)c1cc(Cl)ccc1-n1nc(-c2cncc(Br)c2)c2c1NCC2. The van der Waals surface area contributed by atoms with Gasteiger partial charge in [-0.15, -0.1) is 0 Å². The second kappa shape index (κ2) is 6.28.